The van der Waals surface area contributed by atoms with Gasteiger partial charge >= 0.3 is 0 Å². The maximum absolute atomic E-state index is 13.8. The monoisotopic (exact) mass is 558 g/mol. The summed E-state index contributed by atoms with van der Waals surface area (Å²) in [7, 11) is 0. The minimum atomic E-state index is -1.10. The van der Waals surface area contributed by atoms with Crippen LogP contribution in [0.25, 0.3) is 0 Å². The van der Waals surface area contributed by atoms with E-state index in [4.69, 9.17) is 0 Å². The molecule has 1 fully saturated rings. The van der Waals surface area contributed by atoms with E-state index in [1.54, 1.807) is 0 Å². The van der Waals surface area contributed by atoms with Gasteiger partial charge in [0.25, 0.3) is 0 Å². The number of hydrogen-bond acceptors (Lipinski definition) is 5. The molecule has 1 heterocycles. The lowest BCUT2D eigenvalue weighted by Crippen LogP contribution is -2.57. The van der Waals surface area contributed by atoms with Crippen LogP contribution in [0.3, 0.4) is 0 Å². The van der Waals surface area contributed by atoms with Crippen LogP contribution >= 0.6 is 0 Å². The van der Waals surface area contributed by atoms with Crippen LogP contribution in [0.2, 0.25) is 0 Å². The van der Waals surface area contributed by atoms with Crippen molar-refractivity contribution < 1.29 is 28.3 Å². The maximum Gasteiger partial charge on any atom is 0.243 e. The van der Waals surface area contributed by atoms with Crippen molar-refractivity contribution in [3.63, 3.8) is 0 Å². The molecule has 40 heavy (non-hydrogen) atoms. The van der Waals surface area contributed by atoms with Gasteiger partial charge < -0.3 is 25.5 Å². The number of amides is 3. The molecule has 0 aliphatic carbocycles. The van der Waals surface area contributed by atoms with Crippen LogP contribution in [0.5, 0.6) is 0 Å². The van der Waals surface area contributed by atoms with Gasteiger partial charge in [-0.05, 0) is 48.1 Å². The fourth-order valence-electron chi connectivity index (χ4n) is 4.76. The molecular weight excluding hydrogens is 518 g/mol. The number of carbonyl (C=O) groups is 3. The predicted molar refractivity (Wildman–Crippen MR) is 148 cm³/mol. The Kier molecular flexibility index (Phi) is 12.0. The maximum atomic E-state index is 13.8. The predicted octanol–water partition coefficient (Wildman–Crippen LogP) is 2.57. The normalized spacial score (nSPS) is 15.3. The molecular formula is C30H40F2N4O4. The van der Waals surface area contributed by atoms with E-state index in [1.165, 1.54) is 15.4 Å². The number of aliphatic hydroxyl groups is 1. The van der Waals surface area contributed by atoms with Crippen molar-refractivity contribution in [3.8, 4) is 0 Å². The highest BCUT2D eigenvalue weighted by Gasteiger charge is 2.31. The SMILES string of the molecule is CCCCCN1CC(=O)N(CC(=O)NC(Cc2cc(F)cc(F)c2)C(O)CNCc2cccc(CC)c2)CC1=O. The number of aliphatic hydroxyl groups excluding tert-OH is 1. The first kappa shape index (κ1) is 31.2. The molecule has 1 saturated heterocycles. The van der Waals surface area contributed by atoms with E-state index in [1.807, 2.05) is 18.2 Å². The van der Waals surface area contributed by atoms with Crippen molar-refractivity contribution in [1.82, 2.24) is 20.4 Å². The van der Waals surface area contributed by atoms with Gasteiger partial charge in [-0.15, -0.1) is 0 Å². The summed E-state index contributed by atoms with van der Waals surface area (Å²) < 4.78 is 27.7. The molecule has 2 aromatic carbocycles. The fourth-order valence-corrected chi connectivity index (χ4v) is 4.76. The van der Waals surface area contributed by atoms with Crippen molar-refractivity contribution in [3.05, 3.63) is 70.8 Å². The Hall–Kier alpha value is -3.37. The zero-order valence-electron chi connectivity index (χ0n) is 23.3. The van der Waals surface area contributed by atoms with Gasteiger partial charge in [0.15, 0.2) is 0 Å². The Bertz CT molecular complexity index is 1140. The summed E-state index contributed by atoms with van der Waals surface area (Å²) in [5.41, 5.74) is 2.49. The van der Waals surface area contributed by atoms with Crippen LogP contribution in [-0.4, -0.2) is 77.5 Å². The van der Waals surface area contributed by atoms with Crippen LogP contribution in [-0.2, 0) is 33.8 Å². The second kappa shape index (κ2) is 15.4. The number of unbranched alkanes of at least 4 members (excludes halogenated alkanes) is 2. The lowest BCUT2D eigenvalue weighted by Gasteiger charge is -2.34. The summed E-state index contributed by atoms with van der Waals surface area (Å²) in [6, 6.07) is 10.2. The molecule has 0 radical (unpaired) electrons. The number of rotatable bonds is 15. The molecule has 1 aliphatic rings. The van der Waals surface area contributed by atoms with Crippen molar-refractivity contribution in [2.45, 2.75) is 64.6 Å². The molecule has 2 atom stereocenters. The van der Waals surface area contributed by atoms with Gasteiger partial charge in [0.1, 0.15) is 24.7 Å². The summed E-state index contributed by atoms with van der Waals surface area (Å²) in [4.78, 5) is 40.8. The Morgan fingerprint density at radius 3 is 2.33 bits per heavy atom. The number of piperazine rings is 1. The zero-order valence-corrected chi connectivity index (χ0v) is 23.3. The number of benzene rings is 2. The molecule has 3 amide bonds. The van der Waals surface area contributed by atoms with Crippen LogP contribution in [0.15, 0.2) is 42.5 Å². The minimum Gasteiger partial charge on any atom is -0.390 e. The first-order valence-corrected chi connectivity index (χ1v) is 13.9. The van der Waals surface area contributed by atoms with Crippen molar-refractivity contribution in [2.24, 2.45) is 0 Å². The largest absolute Gasteiger partial charge is 0.390 e. The molecule has 10 heteroatoms. The highest BCUT2D eigenvalue weighted by atomic mass is 19.1. The molecule has 0 aromatic heterocycles. The van der Waals surface area contributed by atoms with Crippen LogP contribution < -0.4 is 10.6 Å². The second-order valence-electron chi connectivity index (χ2n) is 10.3. The molecule has 8 nitrogen and oxygen atoms in total. The minimum absolute atomic E-state index is 0.0350. The highest BCUT2D eigenvalue weighted by molar-refractivity contribution is 5.95. The van der Waals surface area contributed by atoms with E-state index in [0.717, 1.165) is 49.4 Å². The van der Waals surface area contributed by atoms with E-state index in [9.17, 15) is 28.3 Å². The average Bonchev–Trinajstić information content (AvgIpc) is 2.90. The Balaban J connectivity index is 1.62. The number of nitrogens with zero attached hydrogens (tertiary/aromatic N) is 2. The topological polar surface area (TPSA) is 102 Å². The van der Waals surface area contributed by atoms with Gasteiger partial charge in [-0.25, -0.2) is 8.78 Å². The quantitative estimate of drug-likeness (QED) is 0.292. The van der Waals surface area contributed by atoms with E-state index < -0.39 is 29.7 Å². The summed E-state index contributed by atoms with van der Waals surface area (Å²) in [6.07, 6.45) is 2.54. The number of hydrogen-bond donors (Lipinski definition) is 3. The number of aryl methyl sites for hydroxylation is 1. The van der Waals surface area contributed by atoms with Crippen molar-refractivity contribution in [2.75, 3.05) is 32.7 Å². The van der Waals surface area contributed by atoms with Crippen molar-refractivity contribution >= 4 is 17.7 Å². The van der Waals surface area contributed by atoms with Gasteiger partial charge in [0, 0.05) is 25.7 Å². The van der Waals surface area contributed by atoms with Gasteiger partial charge in [0.05, 0.1) is 18.7 Å². The van der Waals surface area contributed by atoms with E-state index in [0.29, 0.717) is 13.1 Å². The van der Waals surface area contributed by atoms with Crippen LogP contribution in [0.1, 0.15) is 49.8 Å². The van der Waals surface area contributed by atoms with Gasteiger partial charge in [-0.1, -0.05) is 51.0 Å². The summed E-state index contributed by atoms with van der Waals surface area (Å²) in [5.74, 6) is -2.64. The fraction of sp³-hybridized carbons (Fsp3) is 0.500. The molecule has 218 valence electrons. The molecule has 2 unspecified atom stereocenters. The molecule has 3 N–H and O–H groups in total. The average molecular weight is 559 g/mol. The number of carbonyl (C=O) groups excluding carboxylic acids is 3. The molecule has 0 spiro atoms. The smallest absolute Gasteiger partial charge is 0.243 e. The standard InChI is InChI=1S/C30H40F2N4O4/c1-3-5-6-10-35-19-30(40)36(20-29(35)39)18-28(38)34-26(14-23-12-24(31)15-25(32)13-23)27(37)17-33-16-22-9-7-8-21(4-2)11-22/h7-9,11-13,15,26-27,33,37H,3-6,10,14,16-20H2,1-2H3,(H,34,38). The number of nitrogens with one attached hydrogen (secondary N) is 2. The first-order valence-electron chi connectivity index (χ1n) is 13.9. The van der Waals surface area contributed by atoms with Crippen molar-refractivity contribution in [1.29, 1.82) is 0 Å². The molecule has 3 rings (SSSR count). The summed E-state index contributed by atoms with van der Waals surface area (Å²) in [6.45, 7) is 4.59. The third-order valence-corrected chi connectivity index (χ3v) is 6.99. The third kappa shape index (κ3) is 9.67. The number of halogens is 2. The van der Waals surface area contributed by atoms with Crippen LogP contribution in [0.4, 0.5) is 8.78 Å². The van der Waals surface area contributed by atoms with Gasteiger partial charge in [-0.2, -0.15) is 0 Å². The molecule has 0 bridgehead atoms. The summed E-state index contributed by atoms with van der Waals surface area (Å²) >= 11 is 0. The van der Waals surface area contributed by atoms with Crippen LogP contribution in [0, 0.1) is 11.6 Å². The first-order chi connectivity index (χ1) is 19.2. The van der Waals surface area contributed by atoms with E-state index >= 15 is 0 Å². The third-order valence-electron chi connectivity index (χ3n) is 6.99. The van der Waals surface area contributed by atoms with E-state index in [-0.39, 0.29) is 50.0 Å². The molecule has 2 aromatic rings. The van der Waals surface area contributed by atoms with E-state index in [2.05, 4.69) is 30.5 Å². The lowest BCUT2D eigenvalue weighted by atomic mass is 10.0. The highest BCUT2D eigenvalue weighted by Crippen LogP contribution is 2.13. The van der Waals surface area contributed by atoms with Gasteiger partial charge in [-0.3, -0.25) is 14.4 Å². The lowest BCUT2D eigenvalue weighted by molar-refractivity contribution is -0.151. The molecule has 0 saturated carbocycles. The summed E-state index contributed by atoms with van der Waals surface area (Å²) in [5, 5.41) is 16.9. The second-order valence-corrected chi connectivity index (χ2v) is 10.3. The Labute approximate surface area is 234 Å². The zero-order chi connectivity index (χ0) is 29.1. The Morgan fingerprint density at radius 2 is 1.62 bits per heavy atom. The molecule has 1 aliphatic heterocycles. The van der Waals surface area contributed by atoms with Gasteiger partial charge in [0.2, 0.25) is 17.7 Å². The Morgan fingerprint density at radius 1 is 0.950 bits per heavy atom.